The van der Waals surface area contributed by atoms with E-state index in [0.717, 1.165) is 10.9 Å². The second kappa shape index (κ2) is 8.60. The Bertz CT molecular complexity index is 1010. The third-order valence-electron chi connectivity index (χ3n) is 3.78. The Labute approximate surface area is 160 Å². The van der Waals surface area contributed by atoms with E-state index in [1.807, 2.05) is 6.92 Å². The van der Waals surface area contributed by atoms with Gasteiger partial charge in [-0.1, -0.05) is 17.7 Å². The van der Waals surface area contributed by atoms with Gasteiger partial charge in [0.25, 0.3) is 5.91 Å². The van der Waals surface area contributed by atoms with E-state index in [2.05, 4.69) is 5.32 Å². The standard InChI is InChI=1S/C20H18ClNO5/c1-13-9-20(24)27-18-11-16(5-6-17(13)18)26-12-19(23)22-7-8-25-15-4-2-3-14(21)10-15/h2-6,9-11H,7-8,12H2,1H3,(H,22,23). The smallest absolute Gasteiger partial charge is 0.336 e. The lowest BCUT2D eigenvalue weighted by atomic mass is 10.1. The minimum Gasteiger partial charge on any atom is -0.492 e. The minimum atomic E-state index is -0.422. The van der Waals surface area contributed by atoms with Crippen molar-refractivity contribution in [3.63, 3.8) is 0 Å². The van der Waals surface area contributed by atoms with E-state index >= 15 is 0 Å². The van der Waals surface area contributed by atoms with E-state index in [4.69, 9.17) is 25.5 Å². The number of carbonyl (C=O) groups excluding carboxylic acids is 1. The molecule has 140 valence electrons. The zero-order valence-corrected chi connectivity index (χ0v) is 15.4. The van der Waals surface area contributed by atoms with E-state index in [1.54, 1.807) is 42.5 Å². The van der Waals surface area contributed by atoms with Gasteiger partial charge < -0.3 is 19.2 Å². The molecule has 0 radical (unpaired) electrons. The van der Waals surface area contributed by atoms with Gasteiger partial charge in [-0.2, -0.15) is 0 Å². The lowest BCUT2D eigenvalue weighted by molar-refractivity contribution is -0.123. The van der Waals surface area contributed by atoms with Crippen LogP contribution in [0.3, 0.4) is 0 Å². The van der Waals surface area contributed by atoms with Crippen molar-refractivity contribution in [3.05, 3.63) is 69.5 Å². The van der Waals surface area contributed by atoms with E-state index in [9.17, 15) is 9.59 Å². The number of carbonyl (C=O) groups is 1. The summed E-state index contributed by atoms with van der Waals surface area (Å²) >= 11 is 5.87. The van der Waals surface area contributed by atoms with Crippen LogP contribution >= 0.6 is 11.6 Å². The summed E-state index contributed by atoms with van der Waals surface area (Å²) in [4.78, 5) is 23.3. The van der Waals surface area contributed by atoms with Gasteiger partial charge in [-0.05, 0) is 42.8 Å². The number of nitrogens with one attached hydrogen (secondary N) is 1. The summed E-state index contributed by atoms with van der Waals surface area (Å²) in [6.07, 6.45) is 0. The average molecular weight is 388 g/mol. The Morgan fingerprint density at radius 3 is 2.74 bits per heavy atom. The largest absolute Gasteiger partial charge is 0.492 e. The van der Waals surface area contributed by atoms with Gasteiger partial charge in [0, 0.05) is 22.5 Å². The first-order valence-corrected chi connectivity index (χ1v) is 8.71. The summed E-state index contributed by atoms with van der Waals surface area (Å²) in [7, 11) is 0. The number of benzene rings is 2. The van der Waals surface area contributed by atoms with E-state index in [1.165, 1.54) is 6.07 Å². The number of hydrogen-bond acceptors (Lipinski definition) is 5. The maximum atomic E-state index is 11.9. The number of ether oxygens (including phenoxy) is 2. The number of rotatable bonds is 7. The molecule has 7 heteroatoms. The maximum Gasteiger partial charge on any atom is 0.336 e. The SMILES string of the molecule is Cc1cc(=O)oc2cc(OCC(=O)NCCOc3cccc(Cl)c3)ccc12. The first-order chi connectivity index (χ1) is 13.0. The van der Waals surface area contributed by atoms with Crippen molar-refractivity contribution in [2.45, 2.75) is 6.92 Å². The zero-order valence-electron chi connectivity index (χ0n) is 14.7. The fourth-order valence-corrected chi connectivity index (χ4v) is 2.69. The quantitative estimate of drug-likeness (QED) is 0.497. The molecule has 1 aromatic heterocycles. The molecule has 1 N–H and O–H groups in total. The van der Waals surface area contributed by atoms with Crippen LogP contribution in [0.2, 0.25) is 5.02 Å². The third-order valence-corrected chi connectivity index (χ3v) is 4.02. The molecule has 0 aliphatic carbocycles. The molecule has 0 aliphatic heterocycles. The molecule has 1 amide bonds. The van der Waals surface area contributed by atoms with Crippen molar-refractivity contribution < 1.29 is 18.7 Å². The van der Waals surface area contributed by atoms with Crippen LogP contribution in [0.1, 0.15) is 5.56 Å². The predicted octanol–water partition coefficient (Wildman–Crippen LogP) is 3.33. The fourth-order valence-electron chi connectivity index (χ4n) is 2.51. The van der Waals surface area contributed by atoms with Gasteiger partial charge in [0.1, 0.15) is 23.7 Å². The first-order valence-electron chi connectivity index (χ1n) is 8.33. The van der Waals surface area contributed by atoms with Crippen molar-refractivity contribution in [2.24, 2.45) is 0 Å². The van der Waals surface area contributed by atoms with Crippen molar-refractivity contribution in [1.29, 1.82) is 0 Å². The molecular formula is C20H18ClNO5. The molecule has 0 saturated heterocycles. The highest BCUT2D eigenvalue weighted by atomic mass is 35.5. The molecule has 2 aromatic carbocycles. The third kappa shape index (κ3) is 5.24. The molecule has 6 nitrogen and oxygen atoms in total. The van der Waals surface area contributed by atoms with Crippen LogP contribution < -0.4 is 20.4 Å². The van der Waals surface area contributed by atoms with Crippen LogP contribution in [0.15, 0.2) is 57.7 Å². The minimum absolute atomic E-state index is 0.154. The van der Waals surface area contributed by atoms with E-state index < -0.39 is 5.63 Å². The molecule has 27 heavy (non-hydrogen) atoms. The molecule has 1 heterocycles. The summed E-state index contributed by atoms with van der Waals surface area (Å²) in [5.74, 6) is 0.804. The fraction of sp³-hybridized carbons (Fsp3) is 0.200. The molecule has 0 atom stereocenters. The predicted molar refractivity (Wildman–Crippen MR) is 103 cm³/mol. The number of aryl methyl sites for hydroxylation is 1. The Balaban J connectivity index is 1.46. The summed E-state index contributed by atoms with van der Waals surface area (Å²) < 4.78 is 16.1. The van der Waals surface area contributed by atoms with Gasteiger partial charge in [-0.3, -0.25) is 4.79 Å². The Hall–Kier alpha value is -2.99. The van der Waals surface area contributed by atoms with Crippen LogP contribution in [0.4, 0.5) is 0 Å². The molecule has 0 spiro atoms. The summed E-state index contributed by atoms with van der Waals surface area (Å²) in [6.45, 7) is 2.32. The molecule has 3 rings (SSSR count). The van der Waals surface area contributed by atoms with Gasteiger partial charge >= 0.3 is 5.63 Å². The molecular weight excluding hydrogens is 370 g/mol. The summed E-state index contributed by atoms with van der Waals surface area (Å²) in [6, 6.07) is 13.6. The monoisotopic (exact) mass is 387 g/mol. The van der Waals surface area contributed by atoms with Crippen molar-refractivity contribution in [2.75, 3.05) is 19.8 Å². The molecule has 0 unspecified atom stereocenters. The van der Waals surface area contributed by atoms with Crippen LogP contribution in [0, 0.1) is 6.92 Å². The molecule has 0 saturated carbocycles. The first kappa shape index (κ1) is 18.8. The molecule has 0 fully saturated rings. The highest BCUT2D eigenvalue weighted by Crippen LogP contribution is 2.22. The number of fused-ring (bicyclic) bond motifs is 1. The van der Waals surface area contributed by atoms with Gasteiger partial charge in [-0.15, -0.1) is 0 Å². The van der Waals surface area contributed by atoms with Crippen LogP contribution in [0.25, 0.3) is 11.0 Å². The lowest BCUT2D eigenvalue weighted by Gasteiger charge is -2.09. The van der Waals surface area contributed by atoms with E-state index in [0.29, 0.717) is 35.3 Å². The highest BCUT2D eigenvalue weighted by molar-refractivity contribution is 6.30. The van der Waals surface area contributed by atoms with Crippen molar-refractivity contribution in [1.82, 2.24) is 5.32 Å². The molecule has 0 bridgehead atoms. The average Bonchev–Trinajstić information content (AvgIpc) is 2.63. The Morgan fingerprint density at radius 1 is 1.11 bits per heavy atom. The van der Waals surface area contributed by atoms with Crippen molar-refractivity contribution >= 4 is 28.5 Å². The van der Waals surface area contributed by atoms with Crippen molar-refractivity contribution in [3.8, 4) is 11.5 Å². The maximum absolute atomic E-state index is 11.9. The Kier molecular flexibility index (Phi) is 5.98. The lowest BCUT2D eigenvalue weighted by Crippen LogP contribution is -2.32. The van der Waals surface area contributed by atoms with Gasteiger partial charge in [0.2, 0.25) is 0 Å². The second-order valence-corrected chi connectivity index (χ2v) is 6.29. The highest BCUT2D eigenvalue weighted by Gasteiger charge is 2.06. The zero-order chi connectivity index (χ0) is 19.2. The number of hydrogen-bond donors (Lipinski definition) is 1. The normalized spacial score (nSPS) is 10.6. The Morgan fingerprint density at radius 2 is 1.93 bits per heavy atom. The van der Waals surface area contributed by atoms with Crippen LogP contribution in [-0.4, -0.2) is 25.7 Å². The topological polar surface area (TPSA) is 77.8 Å². The summed E-state index contributed by atoms with van der Waals surface area (Å²) in [5.41, 5.74) is 0.827. The second-order valence-electron chi connectivity index (χ2n) is 5.85. The van der Waals surface area contributed by atoms with Gasteiger partial charge in [-0.25, -0.2) is 4.79 Å². The van der Waals surface area contributed by atoms with Crippen LogP contribution in [-0.2, 0) is 4.79 Å². The summed E-state index contributed by atoms with van der Waals surface area (Å²) in [5, 5.41) is 4.11. The van der Waals surface area contributed by atoms with Crippen LogP contribution in [0.5, 0.6) is 11.5 Å². The van der Waals surface area contributed by atoms with Gasteiger partial charge in [0.15, 0.2) is 6.61 Å². The number of halogens is 1. The van der Waals surface area contributed by atoms with E-state index in [-0.39, 0.29) is 12.5 Å². The molecule has 0 aliphatic rings. The molecule has 3 aromatic rings. The number of amides is 1. The van der Waals surface area contributed by atoms with Gasteiger partial charge in [0.05, 0.1) is 6.54 Å².